The summed E-state index contributed by atoms with van der Waals surface area (Å²) in [6.45, 7) is 0. The molecule has 1 atom stereocenters. The molecular weight excluding hydrogens is 577 g/mol. The van der Waals surface area contributed by atoms with Gasteiger partial charge in [0, 0.05) is 47.0 Å². The Bertz CT molecular complexity index is 2270. The third kappa shape index (κ3) is 4.77. The summed E-state index contributed by atoms with van der Waals surface area (Å²) in [4.78, 5) is 28.9. The Morgan fingerprint density at radius 1 is 0.523 bits per heavy atom. The van der Waals surface area contributed by atoms with E-state index in [2.05, 4.69) is 78.9 Å². The third-order valence-electron chi connectivity index (χ3n) is 8.48. The van der Waals surface area contributed by atoms with E-state index in [4.69, 9.17) is 0 Å². The lowest BCUT2D eigenvalue weighted by molar-refractivity contribution is 0.103. The second-order valence-electron chi connectivity index (χ2n) is 11.2. The van der Waals surface area contributed by atoms with Gasteiger partial charge in [-0.2, -0.15) is 0 Å². The fraction of sp³-hybridized carbons (Fsp3) is 0.0500. The van der Waals surface area contributed by atoms with E-state index in [1.807, 2.05) is 60.7 Å². The summed E-state index contributed by atoms with van der Waals surface area (Å²) in [5, 5.41) is 1.54. The molecule has 2 nitrogen and oxygen atoms in total. The van der Waals surface area contributed by atoms with Crippen molar-refractivity contribution in [2.75, 3.05) is 0 Å². The standard InChI is InChI=1S/C40H26O2S2/c41-39-32-11-5-4-10-27(32)22-28-16-20-31(24-34(28)39)43-30-18-14-26(15-19-30)38(25-8-2-1-3-9-25)29-17-21-37-35(23-29)40(42)33-12-6-7-13-36(33)44-37/h1-21,23-24,38H,22H2. The van der Waals surface area contributed by atoms with Gasteiger partial charge in [-0.25, -0.2) is 0 Å². The molecule has 4 heteroatoms. The highest BCUT2D eigenvalue weighted by atomic mass is 32.2. The van der Waals surface area contributed by atoms with E-state index >= 15 is 0 Å². The molecule has 0 aliphatic heterocycles. The zero-order valence-electron chi connectivity index (χ0n) is 23.7. The van der Waals surface area contributed by atoms with Gasteiger partial charge < -0.3 is 0 Å². The lowest BCUT2D eigenvalue weighted by atomic mass is 9.85. The number of hydrogen-bond acceptors (Lipinski definition) is 4. The topological polar surface area (TPSA) is 34.1 Å². The molecule has 7 aromatic rings. The molecule has 210 valence electrons. The molecule has 0 spiro atoms. The lowest BCUT2D eigenvalue weighted by Gasteiger charge is -2.20. The fourth-order valence-corrected chi connectivity index (χ4v) is 8.23. The largest absolute Gasteiger partial charge is 0.289 e. The monoisotopic (exact) mass is 602 g/mol. The molecule has 0 fully saturated rings. The van der Waals surface area contributed by atoms with Crippen LogP contribution in [-0.2, 0) is 6.42 Å². The Hall–Kier alpha value is -4.77. The number of carbonyl (C=O) groups excluding carboxylic acids is 1. The predicted molar refractivity (Wildman–Crippen MR) is 183 cm³/mol. The number of carbonyl (C=O) groups is 1. The molecule has 6 aromatic carbocycles. The van der Waals surface area contributed by atoms with E-state index < -0.39 is 0 Å². The predicted octanol–water partition coefficient (Wildman–Crippen LogP) is 9.88. The highest BCUT2D eigenvalue weighted by Gasteiger charge is 2.23. The second kappa shape index (κ2) is 11.1. The molecule has 44 heavy (non-hydrogen) atoms. The Balaban J connectivity index is 1.13. The van der Waals surface area contributed by atoms with Gasteiger partial charge in [0.2, 0.25) is 0 Å². The summed E-state index contributed by atoms with van der Waals surface area (Å²) in [6.07, 6.45) is 0.789. The van der Waals surface area contributed by atoms with Crippen LogP contribution < -0.4 is 5.43 Å². The van der Waals surface area contributed by atoms with E-state index in [-0.39, 0.29) is 17.1 Å². The van der Waals surface area contributed by atoms with Crippen LogP contribution in [0, 0.1) is 0 Å². The van der Waals surface area contributed by atoms with Crippen LogP contribution in [0.5, 0.6) is 0 Å². The van der Waals surface area contributed by atoms with E-state index in [0.717, 1.165) is 69.8 Å². The van der Waals surface area contributed by atoms with Crippen molar-refractivity contribution >= 4 is 49.1 Å². The minimum Gasteiger partial charge on any atom is -0.289 e. The van der Waals surface area contributed by atoms with Crippen molar-refractivity contribution in [2.24, 2.45) is 0 Å². The summed E-state index contributed by atoms with van der Waals surface area (Å²) in [5.41, 5.74) is 7.32. The van der Waals surface area contributed by atoms with E-state index in [1.54, 1.807) is 23.1 Å². The minimum absolute atomic E-state index is 0.0167. The molecule has 0 amide bonds. The lowest BCUT2D eigenvalue weighted by Crippen LogP contribution is -2.14. The van der Waals surface area contributed by atoms with Crippen LogP contribution in [0.25, 0.3) is 20.2 Å². The van der Waals surface area contributed by atoms with Crippen LogP contribution >= 0.6 is 23.1 Å². The van der Waals surface area contributed by atoms with Gasteiger partial charge in [0.15, 0.2) is 11.2 Å². The average Bonchev–Trinajstić information content (AvgIpc) is 3.07. The molecule has 1 heterocycles. The average molecular weight is 603 g/mol. The molecule has 0 saturated heterocycles. The maximum Gasteiger partial charge on any atom is 0.195 e. The first-order valence-corrected chi connectivity index (χ1v) is 16.3. The molecule has 1 aliphatic rings. The Labute approximate surface area is 263 Å². The normalized spacial score (nSPS) is 13.0. The number of hydrogen-bond donors (Lipinski definition) is 0. The molecule has 1 aliphatic carbocycles. The summed E-state index contributed by atoms with van der Waals surface area (Å²) < 4.78 is 2.02. The van der Waals surface area contributed by atoms with Crippen molar-refractivity contribution in [2.45, 2.75) is 22.1 Å². The van der Waals surface area contributed by atoms with Crippen molar-refractivity contribution < 1.29 is 4.79 Å². The molecule has 0 radical (unpaired) electrons. The zero-order chi connectivity index (χ0) is 29.6. The van der Waals surface area contributed by atoms with Crippen molar-refractivity contribution in [3.05, 3.63) is 189 Å². The van der Waals surface area contributed by atoms with Crippen LogP contribution in [0.3, 0.4) is 0 Å². The Morgan fingerprint density at radius 3 is 2.05 bits per heavy atom. The smallest absolute Gasteiger partial charge is 0.195 e. The van der Waals surface area contributed by atoms with Crippen molar-refractivity contribution in [3.8, 4) is 0 Å². The molecule has 1 aromatic heterocycles. The van der Waals surface area contributed by atoms with Crippen molar-refractivity contribution in [3.63, 3.8) is 0 Å². The third-order valence-corrected chi connectivity index (χ3v) is 10.6. The molecular formula is C40H26O2S2. The molecule has 1 unspecified atom stereocenters. The summed E-state index contributed by atoms with van der Waals surface area (Å²) in [5.74, 6) is 0.0905. The minimum atomic E-state index is -0.0167. The first-order chi connectivity index (χ1) is 21.6. The molecule has 0 bridgehead atoms. The zero-order valence-corrected chi connectivity index (χ0v) is 25.3. The fourth-order valence-electron chi connectivity index (χ4n) is 6.32. The highest BCUT2D eigenvalue weighted by Crippen LogP contribution is 2.37. The number of fused-ring (bicyclic) bond motifs is 4. The summed E-state index contributed by atoms with van der Waals surface area (Å²) in [6, 6.07) is 47.5. The van der Waals surface area contributed by atoms with E-state index in [1.165, 1.54) is 5.56 Å². The molecule has 8 rings (SSSR count). The first kappa shape index (κ1) is 26.8. The Kier molecular flexibility index (Phi) is 6.74. The van der Waals surface area contributed by atoms with Crippen LogP contribution in [0.15, 0.2) is 154 Å². The van der Waals surface area contributed by atoms with Crippen LogP contribution in [0.2, 0.25) is 0 Å². The summed E-state index contributed by atoms with van der Waals surface area (Å²) >= 11 is 3.33. The van der Waals surface area contributed by atoms with Crippen molar-refractivity contribution in [1.29, 1.82) is 0 Å². The number of benzene rings is 6. The first-order valence-electron chi connectivity index (χ1n) is 14.7. The maximum atomic E-state index is 13.5. The molecule has 0 saturated carbocycles. The maximum absolute atomic E-state index is 13.5. The Morgan fingerprint density at radius 2 is 1.18 bits per heavy atom. The summed E-state index contributed by atoms with van der Waals surface area (Å²) in [7, 11) is 0. The van der Waals surface area contributed by atoms with Gasteiger partial charge in [-0.05, 0) is 82.8 Å². The van der Waals surface area contributed by atoms with Gasteiger partial charge in [-0.3, -0.25) is 9.59 Å². The van der Waals surface area contributed by atoms with E-state index in [9.17, 15) is 9.59 Å². The van der Waals surface area contributed by atoms with Crippen LogP contribution in [0.1, 0.15) is 49.7 Å². The van der Waals surface area contributed by atoms with Gasteiger partial charge in [0.1, 0.15) is 0 Å². The van der Waals surface area contributed by atoms with Gasteiger partial charge in [-0.15, -0.1) is 11.3 Å². The SMILES string of the molecule is O=C1c2ccccc2Cc2ccc(Sc3ccc(C(c4ccccc4)c4ccc5sc6ccccc6c(=O)c5c4)cc3)cc21. The van der Waals surface area contributed by atoms with Crippen LogP contribution in [0.4, 0.5) is 0 Å². The van der Waals surface area contributed by atoms with Gasteiger partial charge in [0.25, 0.3) is 0 Å². The van der Waals surface area contributed by atoms with Crippen molar-refractivity contribution in [1.82, 2.24) is 0 Å². The number of ketones is 1. The highest BCUT2D eigenvalue weighted by molar-refractivity contribution is 7.99. The number of rotatable bonds is 5. The molecule has 0 N–H and O–H groups in total. The van der Waals surface area contributed by atoms with Crippen LogP contribution in [-0.4, -0.2) is 5.78 Å². The van der Waals surface area contributed by atoms with Gasteiger partial charge in [0.05, 0.1) is 0 Å². The second-order valence-corrected chi connectivity index (χ2v) is 13.4. The van der Waals surface area contributed by atoms with Gasteiger partial charge in [-0.1, -0.05) is 103 Å². The van der Waals surface area contributed by atoms with E-state index in [0.29, 0.717) is 0 Å². The van der Waals surface area contributed by atoms with Gasteiger partial charge >= 0.3 is 0 Å². The quantitative estimate of drug-likeness (QED) is 0.145.